The molecule has 20 heavy (non-hydrogen) atoms. The van der Waals surface area contributed by atoms with Gasteiger partial charge in [-0.1, -0.05) is 0 Å². The molecule has 0 aromatic carbocycles. The van der Waals surface area contributed by atoms with Gasteiger partial charge in [0.05, 0.1) is 0 Å². The van der Waals surface area contributed by atoms with Crippen LogP contribution in [0.5, 0.6) is 0 Å². The van der Waals surface area contributed by atoms with Crippen molar-refractivity contribution in [2.24, 2.45) is 0 Å². The Balaban J connectivity index is 0. The molecule has 0 heterocycles. The zero-order valence-electron chi connectivity index (χ0n) is 13.9. The summed E-state index contributed by atoms with van der Waals surface area (Å²) in [6, 6.07) is 0. The molecular formula is C14H33O4Sn2. The number of hydrogen-bond acceptors (Lipinski definition) is 3. The van der Waals surface area contributed by atoms with Crippen molar-refractivity contribution in [3.8, 4) is 0 Å². The summed E-state index contributed by atoms with van der Waals surface area (Å²) >= 11 is -4.87. The minimum absolute atomic E-state index is 0. The van der Waals surface area contributed by atoms with Crippen molar-refractivity contribution in [2.75, 3.05) is 0 Å². The van der Waals surface area contributed by atoms with E-state index in [2.05, 4.69) is 27.7 Å². The molecule has 0 spiro atoms. The molecule has 0 unspecified atom stereocenters. The van der Waals surface area contributed by atoms with Crippen molar-refractivity contribution in [1.82, 2.24) is 0 Å². The van der Waals surface area contributed by atoms with Crippen LogP contribution in [0.15, 0.2) is 0 Å². The fourth-order valence-corrected chi connectivity index (χ4v) is 34.9. The zero-order valence-corrected chi connectivity index (χ0v) is 19.6. The quantitative estimate of drug-likeness (QED) is 0.404. The van der Waals surface area contributed by atoms with Crippen LogP contribution >= 0.6 is 0 Å². The van der Waals surface area contributed by atoms with E-state index in [1.807, 2.05) is 0 Å². The first-order chi connectivity index (χ1) is 9.03. The van der Waals surface area contributed by atoms with Crippen molar-refractivity contribution in [3.63, 3.8) is 0 Å². The second-order valence-corrected chi connectivity index (χ2v) is 24.2. The minimum atomic E-state index is -3.10. The Morgan fingerprint density at radius 1 is 0.950 bits per heavy atom. The van der Waals surface area contributed by atoms with Gasteiger partial charge in [0.2, 0.25) is 0 Å². The summed E-state index contributed by atoms with van der Waals surface area (Å²) in [5.74, 6) is -0.117. The summed E-state index contributed by atoms with van der Waals surface area (Å²) in [4.78, 5) is 11.5. The fourth-order valence-electron chi connectivity index (χ4n) is 2.42. The van der Waals surface area contributed by atoms with E-state index in [-0.39, 0.29) is 11.4 Å². The van der Waals surface area contributed by atoms with E-state index >= 15 is 0 Å². The van der Waals surface area contributed by atoms with Crippen LogP contribution < -0.4 is 0 Å². The van der Waals surface area contributed by atoms with Crippen LogP contribution in [0, 0.1) is 0 Å². The third-order valence-corrected chi connectivity index (χ3v) is 32.6. The van der Waals surface area contributed by atoms with Gasteiger partial charge in [-0.15, -0.1) is 0 Å². The van der Waals surface area contributed by atoms with E-state index in [0.29, 0.717) is 0 Å². The van der Waals surface area contributed by atoms with E-state index in [4.69, 9.17) is 4.49 Å². The van der Waals surface area contributed by atoms with Gasteiger partial charge in [-0.3, -0.25) is 0 Å². The standard InChI is InChI=1S/4C3H7.C2H4O2.H2O.O.2Sn/c4*1-3-2;1-2(3)4;;;;/h4*1,3H2,2H3;1H3,(H,3,4);1H2;;;/q;;;;;;;;+1/p-1. The molecule has 1 radical (unpaired) electrons. The zero-order chi connectivity index (χ0) is 14.7. The molecule has 0 bridgehead atoms. The van der Waals surface area contributed by atoms with Gasteiger partial charge in [-0.05, 0) is 0 Å². The van der Waals surface area contributed by atoms with Gasteiger partial charge >= 0.3 is 133 Å². The maximum Gasteiger partial charge on any atom is -0.412 e. The fraction of sp³-hybridized carbons (Fsp3) is 0.929. The Hall–Kier alpha value is 0.987. The van der Waals surface area contributed by atoms with Crippen molar-refractivity contribution in [3.05, 3.63) is 0 Å². The first-order valence-electron chi connectivity index (χ1n) is 7.76. The van der Waals surface area contributed by atoms with Crippen LogP contribution in [0.4, 0.5) is 0 Å². The first-order valence-corrected chi connectivity index (χ1v) is 19.3. The normalized spacial score (nSPS) is 11.3. The molecular weight excluding hydrogens is 470 g/mol. The average Bonchev–Trinajstić information content (AvgIpc) is 2.29. The van der Waals surface area contributed by atoms with Crippen LogP contribution in [-0.4, -0.2) is 50.8 Å². The molecule has 121 valence electrons. The predicted octanol–water partition coefficient (Wildman–Crippen LogP) is 3.82. The van der Waals surface area contributed by atoms with E-state index in [0.717, 1.165) is 21.7 Å². The molecule has 0 aliphatic rings. The monoisotopic (exact) mass is 505 g/mol. The van der Waals surface area contributed by atoms with E-state index in [1.165, 1.54) is 21.7 Å². The Morgan fingerprint density at radius 3 is 1.70 bits per heavy atom. The van der Waals surface area contributed by atoms with Crippen LogP contribution in [0.25, 0.3) is 0 Å². The molecule has 0 amide bonds. The molecule has 0 fully saturated rings. The summed E-state index contributed by atoms with van der Waals surface area (Å²) < 4.78 is 17.2. The molecule has 2 N–H and O–H groups in total. The largest absolute Gasteiger partial charge is 0.412 e. The van der Waals surface area contributed by atoms with Crippen molar-refractivity contribution < 1.29 is 14.8 Å². The Labute approximate surface area is 137 Å². The topological polar surface area (TPSA) is 67.0 Å². The predicted molar refractivity (Wildman–Crippen MR) is 88.4 cm³/mol. The Kier molecular flexibility index (Phi) is 15.9. The molecule has 0 aromatic rings. The molecule has 6 heteroatoms. The molecule has 0 rings (SSSR count). The molecule has 0 atom stereocenters. The summed E-state index contributed by atoms with van der Waals surface area (Å²) in [5, 5.41) is 0. The average molecular weight is 503 g/mol. The van der Waals surface area contributed by atoms with Crippen molar-refractivity contribution in [1.29, 1.82) is 0 Å². The smallest absolute Gasteiger partial charge is 0.412 e. The molecule has 0 saturated heterocycles. The van der Waals surface area contributed by atoms with Crippen LogP contribution in [0.1, 0.15) is 60.3 Å². The Bertz CT molecular complexity index is 237. The number of carbonyl (C=O) groups is 1. The van der Waals surface area contributed by atoms with Gasteiger partial charge in [0.1, 0.15) is 0 Å². The van der Waals surface area contributed by atoms with Gasteiger partial charge in [-0.2, -0.15) is 0 Å². The number of hydrogen-bond donors (Lipinski definition) is 0. The van der Waals surface area contributed by atoms with E-state index in [1.54, 1.807) is 6.92 Å². The van der Waals surface area contributed by atoms with Gasteiger partial charge < -0.3 is 5.48 Å². The molecule has 4 nitrogen and oxygen atoms in total. The summed E-state index contributed by atoms with van der Waals surface area (Å²) in [7, 11) is 0. The Morgan fingerprint density at radius 2 is 1.40 bits per heavy atom. The van der Waals surface area contributed by atoms with Gasteiger partial charge in [-0.25, -0.2) is 0 Å². The van der Waals surface area contributed by atoms with E-state index in [9.17, 15) is 4.79 Å². The van der Waals surface area contributed by atoms with E-state index < -0.39 is 39.4 Å². The second-order valence-electron chi connectivity index (χ2n) is 5.15. The SMILES string of the molecule is CC[CH2][Sn]([CH2]CC)[O][Sn]([CH2]CC)([CH2]CC)[O]C(C)=O.O. The first kappa shape index (κ1) is 23.3. The minimum Gasteiger partial charge on any atom is -0.412 e. The number of rotatable bonds is 11. The molecule has 0 aliphatic heterocycles. The van der Waals surface area contributed by atoms with Gasteiger partial charge in [0.15, 0.2) is 0 Å². The van der Waals surface area contributed by atoms with Gasteiger partial charge in [0.25, 0.3) is 0 Å². The third kappa shape index (κ3) is 9.84. The van der Waals surface area contributed by atoms with Crippen LogP contribution in [-0.2, 0) is 9.28 Å². The summed E-state index contributed by atoms with van der Waals surface area (Å²) in [6.07, 6.45) is 4.60. The second kappa shape index (κ2) is 13.6. The summed E-state index contributed by atoms with van der Waals surface area (Å²) in [5.41, 5.74) is 0. The maximum atomic E-state index is 11.5. The van der Waals surface area contributed by atoms with Crippen molar-refractivity contribution in [2.45, 2.75) is 78.0 Å². The van der Waals surface area contributed by atoms with Crippen LogP contribution in [0.3, 0.4) is 0 Å². The third-order valence-electron chi connectivity index (χ3n) is 2.98. The molecule has 0 saturated carbocycles. The molecule has 0 aromatic heterocycles. The maximum absolute atomic E-state index is 11.5. The summed E-state index contributed by atoms with van der Waals surface area (Å²) in [6.45, 7) is 10.4. The molecule has 0 aliphatic carbocycles. The van der Waals surface area contributed by atoms with Gasteiger partial charge in [0, 0.05) is 0 Å². The van der Waals surface area contributed by atoms with Crippen molar-refractivity contribution >= 4 is 45.3 Å². The van der Waals surface area contributed by atoms with Crippen LogP contribution in [0.2, 0.25) is 17.7 Å². The number of carbonyl (C=O) groups excluding carboxylic acids is 1.